The van der Waals surface area contributed by atoms with Gasteiger partial charge in [0.15, 0.2) is 0 Å². The second-order valence-corrected chi connectivity index (χ2v) is 4.08. The molecule has 0 bridgehead atoms. The van der Waals surface area contributed by atoms with Gasteiger partial charge in [-0.1, -0.05) is 6.07 Å². The second-order valence-electron chi connectivity index (χ2n) is 4.08. The lowest BCUT2D eigenvalue weighted by molar-refractivity contribution is 0.535. The molecule has 84 valence electrons. The SMILES string of the molecule is N#CC(NCC1CC1)c1ccc(F)cc1F. The zero-order chi connectivity index (χ0) is 11.5. The number of nitriles is 1. The largest absolute Gasteiger partial charge is 0.298 e. The van der Waals surface area contributed by atoms with Gasteiger partial charge in [-0.3, -0.25) is 5.32 Å². The Kier molecular flexibility index (Phi) is 3.16. The number of rotatable bonds is 4. The van der Waals surface area contributed by atoms with E-state index in [1.54, 1.807) is 0 Å². The molecule has 1 aliphatic rings. The Balaban J connectivity index is 2.09. The van der Waals surface area contributed by atoms with Gasteiger partial charge >= 0.3 is 0 Å². The summed E-state index contributed by atoms with van der Waals surface area (Å²) in [6.07, 6.45) is 2.33. The first kappa shape index (κ1) is 11.0. The summed E-state index contributed by atoms with van der Waals surface area (Å²) in [6, 6.07) is 4.59. The van der Waals surface area contributed by atoms with E-state index < -0.39 is 17.7 Å². The molecule has 1 unspecified atom stereocenters. The first-order valence-corrected chi connectivity index (χ1v) is 5.28. The van der Waals surface area contributed by atoms with Crippen molar-refractivity contribution in [2.75, 3.05) is 6.54 Å². The molecule has 0 saturated heterocycles. The van der Waals surface area contributed by atoms with Crippen molar-refractivity contribution in [1.82, 2.24) is 5.32 Å². The molecule has 0 aromatic heterocycles. The molecule has 1 aromatic rings. The smallest absolute Gasteiger partial charge is 0.131 e. The summed E-state index contributed by atoms with van der Waals surface area (Å²) < 4.78 is 26.1. The van der Waals surface area contributed by atoms with Gasteiger partial charge in [-0.15, -0.1) is 0 Å². The number of nitrogens with zero attached hydrogens (tertiary/aromatic N) is 1. The van der Waals surface area contributed by atoms with Crippen molar-refractivity contribution in [2.45, 2.75) is 18.9 Å². The van der Waals surface area contributed by atoms with Gasteiger partial charge in [0.05, 0.1) is 6.07 Å². The van der Waals surface area contributed by atoms with E-state index in [0.29, 0.717) is 5.92 Å². The molecule has 1 N–H and O–H groups in total. The van der Waals surface area contributed by atoms with Crippen LogP contribution in [0, 0.1) is 28.9 Å². The summed E-state index contributed by atoms with van der Waals surface area (Å²) in [5.74, 6) is -0.686. The van der Waals surface area contributed by atoms with Crippen LogP contribution in [-0.4, -0.2) is 6.54 Å². The Morgan fingerprint density at radius 3 is 2.75 bits per heavy atom. The van der Waals surface area contributed by atoms with E-state index in [1.165, 1.54) is 12.1 Å². The van der Waals surface area contributed by atoms with Crippen LogP contribution in [-0.2, 0) is 0 Å². The number of hydrogen-bond acceptors (Lipinski definition) is 2. The van der Waals surface area contributed by atoms with E-state index in [1.807, 2.05) is 6.07 Å². The van der Waals surface area contributed by atoms with Crippen LogP contribution in [0.1, 0.15) is 24.4 Å². The highest BCUT2D eigenvalue weighted by molar-refractivity contribution is 5.26. The average molecular weight is 222 g/mol. The van der Waals surface area contributed by atoms with Crippen LogP contribution in [0.4, 0.5) is 8.78 Å². The summed E-state index contributed by atoms with van der Waals surface area (Å²) in [6.45, 7) is 0.717. The Morgan fingerprint density at radius 2 is 2.19 bits per heavy atom. The van der Waals surface area contributed by atoms with Gasteiger partial charge in [0.2, 0.25) is 0 Å². The van der Waals surface area contributed by atoms with Crippen molar-refractivity contribution in [3.63, 3.8) is 0 Å². The third-order valence-corrected chi connectivity index (χ3v) is 2.71. The predicted octanol–water partition coefficient (Wildman–Crippen LogP) is 2.53. The number of benzene rings is 1. The predicted molar refractivity (Wildman–Crippen MR) is 55.4 cm³/mol. The van der Waals surface area contributed by atoms with Gasteiger partial charge in [0.1, 0.15) is 17.7 Å². The van der Waals surface area contributed by atoms with Crippen molar-refractivity contribution in [3.8, 4) is 6.07 Å². The molecular formula is C12H12F2N2. The fourth-order valence-electron chi connectivity index (χ4n) is 1.57. The van der Waals surface area contributed by atoms with E-state index in [-0.39, 0.29) is 5.56 Å². The zero-order valence-corrected chi connectivity index (χ0v) is 8.71. The molecule has 1 atom stereocenters. The third kappa shape index (κ3) is 2.56. The van der Waals surface area contributed by atoms with Crippen LogP contribution in [0.15, 0.2) is 18.2 Å². The van der Waals surface area contributed by atoms with Crippen LogP contribution >= 0.6 is 0 Å². The van der Waals surface area contributed by atoms with Crippen molar-refractivity contribution < 1.29 is 8.78 Å². The molecule has 0 aliphatic heterocycles. The molecule has 0 radical (unpaired) electrons. The molecular weight excluding hydrogens is 210 g/mol. The van der Waals surface area contributed by atoms with Crippen molar-refractivity contribution >= 4 is 0 Å². The molecule has 1 saturated carbocycles. The highest BCUT2D eigenvalue weighted by Crippen LogP contribution is 2.28. The van der Waals surface area contributed by atoms with Crippen molar-refractivity contribution in [1.29, 1.82) is 5.26 Å². The maximum Gasteiger partial charge on any atom is 0.131 e. The summed E-state index contributed by atoms with van der Waals surface area (Å²) in [4.78, 5) is 0. The lowest BCUT2D eigenvalue weighted by atomic mass is 10.1. The Labute approximate surface area is 92.9 Å². The van der Waals surface area contributed by atoms with Crippen LogP contribution < -0.4 is 5.32 Å². The Morgan fingerprint density at radius 1 is 1.44 bits per heavy atom. The van der Waals surface area contributed by atoms with Gasteiger partial charge in [0.25, 0.3) is 0 Å². The van der Waals surface area contributed by atoms with Gasteiger partial charge < -0.3 is 0 Å². The number of nitrogens with one attached hydrogen (secondary N) is 1. The molecule has 1 aromatic carbocycles. The van der Waals surface area contributed by atoms with E-state index in [9.17, 15) is 8.78 Å². The van der Waals surface area contributed by atoms with Gasteiger partial charge in [0, 0.05) is 11.6 Å². The molecule has 4 heteroatoms. The van der Waals surface area contributed by atoms with Crippen LogP contribution in [0.2, 0.25) is 0 Å². The fourth-order valence-corrected chi connectivity index (χ4v) is 1.57. The third-order valence-electron chi connectivity index (χ3n) is 2.71. The molecule has 0 spiro atoms. The quantitative estimate of drug-likeness (QED) is 0.849. The van der Waals surface area contributed by atoms with E-state index >= 15 is 0 Å². The average Bonchev–Trinajstić information content (AvgIpc) is 3.05. The lowest BCUT2D eigenvalue weighted by Crippen LogP contribution is -2.23. The molecule has 0 heterocycles. The molecule has 0 amide bonds. The molecule has 2 nitrogen and oxygen atoms in total. The summed E-state index contributed by atoms with van der Waals surface area (Å²) >= 11 is 0. The van der Waals surface area contributed by atoms with E-state index in [4.69, 9.17) is 5.26 Å². The Bertz CT molecular complexity index is 422. The maximum atomic E-state index is 13.4. The summed E-state index contributed by atoms with van der Waals surface area (Å²) in [7, 11) is 0. The summed E-state index contributed by atoms with van der Waals surface area (Å²) in [5.41, 5.74) is 0.213. The van der Waals surface area contributed by atoms with Gasteiger partial charge in [-0.05, 0) is 31.4 Å². The van der Waals surface area contributed by atoms with E-state index in [2.05, 4.69) is 5.32 Å². The van der Waals surface area contributed by atoms with Gasteiger partial charge in [-0.2, -0.15) is 5.26 Å². The first-order chi connectivity index (χ1) is 7.70. The van der Waals surface area contributed by atoms with Crippen LogP contribution in [0.25, 0.3) is 0 Å². The monoisotopic (exact) mass is 222 g/mol. The van der Waals surface area contributed by atoms with E-state index in [0.717, 1.165) is 25.5 Å². The van der Waals surface area contributed by atoms with Crippen molar-refractivity contribution in [3.05, 3.63) is 35.4 Å². The topological polar surface area (TPSA) is 35.8 Å². The minimum atomic E-state index is -0.693. The van der Waals surface area contributed by atoms with Crippen molar-refractivity contribution in [2.24, 2.45) is 5.92 Å². The highest BCUT2D eigenvalue weighted by atomic mass is 19.1. The van der Waals surface area contributed by atoms with Crippen LogP contribution in [0.5, 0.6) is 0 Å². The minimum absolute atomic E-state index is 0.213. The second kappa shape index (κ2) is 4.58. The van der Waals surface area contributed by atoms with Crippen LogP contribution in [0.3, 0.4) is 0 Å². The molecule has 16 heavy (non-hydrogen) atoms. The molecule has 1 fully saturated rings. The molecule has 1 aliphatic carbocycles. The number of hydrogen-bond donors (Lipinski definition) is 1. The first-order valence-electron chi connectivity index (χ1n) is 5.28. The molecule has 2 rings (SSSR count). The minimum Gasteiger partial charge on any atom is -0.298 e. The summed E-state index contributed by atoms with van der Waals surface area (Å²) in [5, 5.41) is 11.9. The Hall–Kier alpha value is -1.47. The maximum absolute atomic E-state index is 13.4. The highest BCUT2D eigenvalue weighted by Gasteiger charge is 2.23. The lowest BCUT2D eigenvalue weighted by Gasteiger charge is -2.12. The van der Waals surface area contributed by atoms with Gasteiger partial charge in [-0.25, -0.2) is 8.78 Å². The number of halogens is 2. The zero-order valence-electron chi connectivity index (χ0n) is 8.71. The standard InChI is InChI=1S/C12H12F2N2/c13-9-3-4-10(11(14)5-9)12(6-15)16-7-8-1-2-8/h3-5,8,12,16H,1-2,7H2. The normalized spacial score (nSPS) is 16.8. The fraction of sp³-hybridized carbons (Fsp3) is 0.417.